The van der Waals surface area contributed by atoms with Gasteiger partial charge in [-0.1, -0.05) is 43.6 Å². The zero-order valence-corrected chi connectivity index (χ0v) is 9.64. The molecule has 1 rings (SSSR count). The van der Waals surface area contributed by atoms with E-state index in [1.165, 1.54) is 5.56 Å². The SMILES string of the molecule is CCCNC(CC)c1ccccc1Cl. The molecule has 0 fully saturated rings. The van der Waals surface area contributed by atoms with E-state index in [-0.39, 0.29) is 0 Å². The third-order valence-corrected chi connectivity index (χ3v) is 2.67. The van der Waals surface area contributed by atoms with Crippen molar-refractivity contribution in [1.82, 2.24) is 5.32 Å². The summed E-state index contributed by atoms with van der Waals surface area (Å²) >= 11 is 6.14. The Morgan fingerprint density at radius 2 is 2.00 bits per heavy atom. The molecule has 14 heavy (non-hydrogen) atoms. The van der Waals surface area contributed by atoms with Crippen molar-refractivity contribution in [3.63, 3.8) is 0 Å². The van der Waals surface area contributed by atoms with Crippen molar-refractivity contribution in [3.05, 3.63) is 34.9 Å². The molecule has 1 N–H and O–H groups in total. The minimum Gasteiger partial charge on any atom is -0.310 e. The van der Waals surface area contributed by atoms with Gasteiger partial charge in [0.2, 0.25) is 0 Å². The molecule has 1 unspecified atom stereocenters. The first-order chi connectivity index (χ1) is 6.79. The monoisotopic (exact) mass is 211 g/mol. The Morgan fingerprint density at radius 3 is 2.57 bits per heavy atom. The highest BCUT2D eigenvalue weighted by molar-refractivity contribution is 6.31. The van der Waals surface area contributed by atoms with Crippen molar-refractivity contribution in [2.75, 3.05) is 6.54 Å². The molecule has 0 aliphatic heterocycles. The van der Waals surface area contributed by atoms with Crippen LogP contribution >= 0.6 is 11.6 Å². The predicted molar refractivity (Wildman–Crippen MR) is 62.8 cm³/mol. The number of halogens is 1. The first kappa shape index (κ1) is 11.5. The van der Waals surface area contributed by atoms with Crippen LogP contribution in [0.15, 0.2) is 24.3 Å². The van der Waals surface area contributed by atoms with Crippen LogP contribution in [0.1, 0.15) is 38.3 Å². The van der Waals surface area contributed by atoms with Gasteiger partial charge in [0.05, 0.1) is 0 Å². The van der Waals surface area contributed by atoms with E-state index in [0.29, 0.717) is 6.04 Å². The molecule has 0 saturated heterocycles. The van der Waals surface area contributed by atoms with Crippen molar-refractivity contribution in [2.45, 2.75) is 32.7 Å². The van der Waals surface area contributed by atoms with E-state index in [1.54, 1.807) is 0 Å². The normalized spacial score (nSPS) is 12.8. The minimum atomic E-state index is 0.392. The van der Waals surface area contributed by atoms with E-state index < -0.39 is 0 Å². The second kappa shape index (κ2) is 6.05. The summed E-state index contributed by atoms with van der Waals surface area (Å²) in [7, 11) is 0. The Labute approximate surface area is 91.5 Å². The van der Waals surface area contributed by atoms with Crippen LogP contribution in [0.4, 0.5) is 0 Å². The lowest BCUT2D eigenvalue weighted by atomic mass is 10.0. The number of nitrogens with one attached hydrogen (secondary N) is 1. The van der Waals surface area contributed by atoms with Gasteiger partial charge in [-0.3, -0.25) is 0 Å². The summed E-state index contributed by atoms with van der Waals surface area (Å²) in [5.41, 5.74) is 1.21. The number of hydrogen-bond acceptors (Lipinski definition) is 1. The lowest BCUT2D eigenvalue weighted by Gasteiger charge is -2.18. The van der Waals surface area contributed by atoms with E-state index in [4.69, 9.17) is 11.6 Å². The van der Waals surface area contributed by atoms with E-state index in [0.717, 1.165) is 24.4 Å². The molecular formula is C12H18ClN. The second-order valence-corrected chi connectivity index (χ2v) is 3.84. The van der Waals surface area contributed by atoms with Crippen molar-refractivity contribution in [1.29, 1.82) is 0 Å². The Hall–Kier alpha value is -0.530. The van der Waals surface area contributed by atoms with Gasteiger partial charge in [-0.25, -0.2) is 0 Å². The van der Waals surface area contributed by atoms with Gasteiger partial charge in [-0.05, 0) is 31.0 Å². The van der Waals surface area contributed by atoms with Gasteiger partial charge in [0, 0.05) is 11.1 Å². The molecule has 0 amide bonds. The van der Waals surface area contributed by atoms with Crippen LogP contribution in [0.25, 0.3) is 0 Å². The fourth-order valence-electron chi connectivity index (χ4n) is 1.55. The maximum Gasteiger partial charge on any atom is 0.0453 e. The topological polar surface area (TPSA) is 12.0 Å². The maximum atomic E-state index is 6.14. The third-order valence-electron chi connectivity index (χ3n) is 2.33. The fraction of sp³-hybridized carbons (Fsp3) is 0.500. The molecule has 0 aliphatic rings. The van der Waals surface area contributed by atoms with E-state index in [2.05, 4.69) is 25.2 Å². The smallest absolute Gasteiger partial charge is 0.0453 e. The van der Waals surface area contributed by atoms with Gasteiger partial charge in [0.25, 0.3) is 0 Å². The average molecular weight is 212 g/mol. The summed E-state index contributed by atoms with van der Waals surface area (Å²) in [6.45, 7) is 5.40. The number of rotatable bonds is 5. The molecule has 0 saturated carbocycles. The fourth-order valence-corrected chi connectivity index (χ4v) is 1.82. The molecule has 1 aromatic rings. The molecule has 0 heterocycles. The Balaban J connectivity index is 2.73. The van der Waals surface area contributed by atoms with Crippen LogP contribution in [0.5, 0.6) is 0 Å². The molecule has 0 bridgehead atoms. The zero-order valence-electron chi connectivity index (χ0n) is 8.89. The summed E-state index contributed by atoms with van der Waals surface area (Å²) in [4.78, 5) is 0. The van der Waals surface area contributed by atoms with Gasteiger partial charge in [-0.2, -0.15) is 0 Å². The Kier molecular flexibility index (Phi) is 4.99. The van der Waals surface area contributed by atoms with E-state index in [9.17, 15) is 0 Å². The van der Waals surface area contributed by atoms with Crippen molar-refractivity contribution in [3.8, 4) is 0 Å². The lowest BCUT2D eigenvalue weighted by molar-refractivity contribution is 0.518. The number of hydrogen-bond donors (Lipinski definition) is 1. The zero-order chi connectivity index (χ0) is 10.4. The molecule has 1 aromatic carbocycles. The molecular weight excluding hydrogens is 194 g/mol. The molecule has 78 valence electrons. The average Bonchev–Trinajstić information content (AvgIpc) is 2.21. The van der Waals surface area contributed by atoms with Crippen molar-refractivity contribution in [2.24, 2.45) is 0 Å². The lowest BCUT2D eigenvalue weighted by Crippen LogP contribution is -2.21. The number of benzene rings is 1. The van der Waals surface area contributed by atoms with Crippen molar-refractivity contribution < 1.29 is 0 Å². The van der Waals surface area contributed by atoms with Crippen LogP contribution in [-0.2, 0) is 0 Å². The van der Waals surface area contributed by atoms with E-state index >= 15 is 0 Å². The third kappa shape index (κ3) is 3.00. The van der Waals surface area contributed by atoms with Crippen molar-refractivity contribution >= 4 is 11.6 Å². The molecule has 2 heteroatoms. The first-order valence-corrected chi connectivity index (χ1v) is 5.65. The Morgan fingerprint density at radius 1 is 1.29 bits per heavy atom. The van der Waals surface area contributed by atoms with Crippen LogP contribution in [0, 0.1) is 0 Å². The van der Waals surface area contributed by atoms with E-state index in [1.807, 2.05) is 18.2 Å². The summed E-state index contributed by atoms with van der Waals surface area (Å²) < 4.78 is 0. The predicted octanol–water partition coefficient (Wildman–Crippen LogP) is 3.79. The van der Waals surface area contributed by atoms with Gasteiger partial charge >= 0.3 is 0 Å². The van der Waals surface area contributed by atoms with Gasteiger partial charge in [0.1, 0.15) is 0 Å². The first-order valence-electron chi connectivity index (χ1n) is 5.27. The van der Waals surface area contributed by atoms with Gasteiger partial charge < -0.3 is 5.32 Å². The second-order valence-electron chi connectivity index (χ2n) is 3.44. The molecule has 1 atom stereocenters. The molecule has 0 radical (unpaired) electrons. The summed E-state index contributed by atoms with van der Waals surface area (Å²) in [6, 6.07) is 8.45. The van der Waals surface area contributed by atoms with Gasteiger partial charge in [0.15, 0.2) is 0 Å². The molecule has 1 nitrogen and oxygen atoms in total. The summed E-state index contributed by atoms with van der Waals surface area (Å²) in [6.07, 6.45) is 2.23. The van der Waals surface area contributed by atoms with Gasteiger partial charge in [-0.15, -0.1) is 0 Å². The molecule has 0 spiro atoms. The van der Waals surface area contributed by atoms with Crippen LogP contribution in [-0.4, -0.2) is 6.54 Å². The highest BCUT2D eigenvalue weighted by atomic mass is 35.5. The standard InChI is InChI=1S/C12H18ClN/c1-3-9-14-12(4-2)10-7-5-6-8-11(10)13/h5-8,12,14H,3-4,9H2,1-2H3. The largest absolute Gasteiger partial charge is 0.310 e. The van der Waals surface area contributed by atoms with Crippen LogP contribution in [0.2, 0.25) is 5.02 Å². The maximum absolute atomic E-state index is 6.14. The molecule has 0 aromatic heterocycles. The molecule has 0 aliphatic carbocycles. The quantitative estimate of drug-likeness (QED) is 0.782. The minimum absolute atomic E-state index is 0.392. The van der Waals surface area contributed by atoms with Crippen LogP contribution in [0.3, 0.4) is 0 Å². The highest BCUT2D eigenvalue weighted by Gasteiger charge is 2.10. The van der Waals surface area contributed by atoms with Crippen LogP contribution < -0.4 is 5.32 Å². The summed E-state index contributed by atoms with van der Waals surface area (Å²) in [5, 5.41) is 4.36. The Bertz CT molecular complexity index is 273. The highest BCUT2D eigenvalue weighted by Crippen LogP contribution is 2.24. The summed E-state index contributed by atoms with van der Waals surface area (Å²) in [5.74, 6) is 0.